The largest absolute Gasteiger partial charge is 0.513 e. The van der Waals surface area contributed by atoms with Crippen LogP contribution in [0.3, 0.4) is 0 Å². The van der Waals surface area contributed by atoms with Gasteiger partial charge in [-0.25, -0.2) is 0 Å². The zero-order valence-electron chi connectivity index (χ0n) is 11.4. The van der Waals surface area contributed by atoms with Gasteiger partial charge in [0.15, 0.2) is 12.4 Å². The van der Waals surface area contributed by atoms with E-state index in [1.165, 1.54) is 0 Å². The van der Waals surface area contributed by atoms with Crippen LogP contribution in [-0.4, -0.2) is 10.9 Å². The zero-order chi connectivity index (χ0) is 14.4. The maximum absolute atomic E-state index is 12.6. The third kappa shape index (κ3) is 3.54. The van der Waals surface area contributed by atoms with E-state index >= 15 is 0 Å². The molecule has 0 aliphatic heterocycles. The van der Waals surface area contributed by atoms with E-state index in [0.29, 0.717) is 12.0 Å². The van der Waals surface area contributed by atoms with Crippen molar-refractivity contribution in [2.75, 3.05) is 0 Å². The minimum Gasteiger partial charge on any atom is -0.513 e. The fourth-order valence-corrected chi connectivity index (χ4v) is 2.06. The standard InChI is InChI=1S/C17H17NO2/c1-14(19)10-11-16(18-12-6-3-7-13-18)17(20)15-8-4-2-5-9-15/h2-10,12-13,16H,11H2,1H3/p+1/b14-10-. The van der Waals surface area contributed by atoms with Crippen LogP contribution in [0.4, 0.5) is 0 Å². The van der Waals surface area contributed by atoms with Gasteiger partial charge in [0.05, 0.1) is 5.76 Å². The summed E-state index contributed by atoms with van der Waals surface area (Å²) in [7, 11) is 0. The van der Waals surface area contributed by atoms with E-state index < -0.39 is 0 Å². The first-order chi connectivity index (χ1) is 9.68. The lowest BCUT2D eigenvalue weighted by atomic mass is 10.0. The molecular weight excluding hydrogens is 250 g/mol. The van der Waals surface area contributed by atoms with Crippen LogP contribution in [0, 0.1) is 0 Å². The van der Waals surface area contributed by atoms with Crippen molar-refractivity contribution in [2.45, 2.75) is 19.4 Å². The second-order valence-electron chi connectivity index (χ2n) is 4.65. The highest BCUT2D eigenvalue weighted by Crippen LogP contribution is 2.14. The van der Waals surface area contributed by atoms with Gasteiger partial charge >= 0.3 is 0 Å². The van der Waals surface area contributed by atoms with E-state index in [0.717, 1.165) is 0 Å². The van der Waals surface area contributed by atoms with Gasteiger partial charge in [-0.15, -0.1) is 0 Å². The number of aromatic nitrogens is 1. The van der Waals surface area contributed by atoms with Crippen molar-refractivity contribution >= 4 is 5.78 Å². The van der Waals surface area contributed by atoms with Crippen LogP contribution in [-0.2, 0) is 0 Å². The van der Waals surface area contributed by atoms with Gasteiger partial charge in [-0.3, -0.25) is 4.79 Å². The highest BCUT2D eigenvalue weighted by Gasteiger charge is 2.27. The molecule has 0 spiro atoms. The Bertz CT molecular complexity index is 587. The van der Waals surface area contributed by atoms with Crippen LogP contribution in [0.15, 0.2) is 72.8 Å². The smallest absolute Gasteiger partial charge is 0.230 e. The summed E-state index contributed by atoms with van der Waals surface area (Å²) < 4.78 is 1.87. The molecule has 0 amide bonds. The molecule has 20 heavy (non-hydrogen) atoms. The lowest BCUT2D eigenvalue weighted by molar-refractivity contribution is -0.707. The molecule has 0 saturated carbocycles. The Balaban J connectivity index is 2.32. The highest BCUT2D eigenvalue weighted by molar-refractivity contribution is 5.98. The maximum Gasteiger partial charge on any atom is 0.230 e. The Morgan fingerprint density at radius 1 is 1.15 bits per heavy atom. The molecule has 1 N–H and O–H groups in total. The van der Waals surface area contributed by atoms with E-state index in [4.69, 9.17) is 0 Å². The summed E-state index contributed by atoms with van der Waals surface area (Å²) in [5.41, 5.74) is 0.679. The molecule has 1 aromatic heterocycles. The number of rotatable bonds is 5. The van der Waals surface area contributed by atoms with E-state index in [-0.39, 0.29) is 17.6 Å². The quantitative estimate of drug-likeness (QED) is 0.514. The summed E-state index contributed by atoms with van der Waals surface area (Å²) in [5.74, 6) is 0.270. The highest BCUT2D eigenvalue weighted by atomic mass is 16.3. The topological polar surface area (TPSA) is 41.2 Å². The van der Waals surface area contributed by atoms with Crippen molar-refractivity contribution in [1.82, 2.24) is 0 Å². The van der Waals surface area contributed by atoms with E-state index in [9.17, 15) is 9.90 Å². The molecule has 2 aromatic rings. The second kappa shape index (κ2) is 6.66. The monoisotopic (exact) mass is 268 g/mol. The van der Waals surface area contributed by atoms with Gasteiger partial charge in [0, 0.05) is 24.1 Å². The Kier molecular flexibility index (Phi) is 4.66. The third-order valence-corrected chi connectivity index (χ3v) is 3.10. The molecule has 1 aromatic carbocycles. The third-order valence-electron chi connectivity index (χ3n) is 3.10. The molecular formula is C17H18NO2+. The Hall–Kier alpha value is -2.42. The fourth-order valence-electron chi connectivity index (χ4n) is 2.06. The van der Waals surface area contributed by atoms with Crippen molar-refractivity contribution in [1.29, 1.82) is 0 Å². The Morgan fingerprint density at radius 2 is 1.75 bits per heavy atom. The van der Waals surface area contributed by atoms with Crippen LogP contribution in [0.1, 0.15) is 29.7 Å². The zero-order valence-corrected chi connectivity index (χ0v) is 11.4. The number of benzene rings is 1. The van der Waals surface area contributed by atoms with E-state index in [2.05, 4.69) is 0 Å². The molecule has 3 nitrogen and oxygen atoms in total. The number of aliphatic hydroxyl groups excluding tert-OH is 1. The summed E-state index contributed by atoms with van der Waals surface area (Å²) in [6.07, 6.45) is 5.87. The number of Topliss-reactive ketones (excluding diaryl/α,β-unsaturated/α-hetero) is 1. The van der Waals surface area contributed by atoms with E-state index in [1.54, 1.807) is 13.0 Å². The predicted octanol–water partition coefficient (Wildman–Crippen LogP) is 3.25. The van der Waals surface area contributed by atoms with Gasteiger partial charge in [0.25, 0.3) is 0 Å². The van der Waals surface area contributed by atoms with Crippen molar-refractivity contribution < 1.29 is 14.5 Å². The molecule has 0 bridgehead atoms. The SMILES string of the molecule is C/C(O)=C/CC(C(=O)c1ccccc1)[n+]1ccccc1. The fraction of sp³-hybridized carbons (Fsp3) is 0.176. The second-order valence-corrected chi connectivity index (χ2v) is 4.65. The molecule has 3 heteroatoms. The summed E-state index contributed by atoms with van der Waals surface area (Å²) in [4.78, 5) is 12.6. The number of hydrogen-bond donors (Lipinski definition) is 1. The first kappa shape index (κ1) is 14.0. The molecule has 1 unspecified atom stereocenters. The van der Waals surface area contributed by atoms with Crippen LogP contribution in [0.5, 0.6) is 0 Å². The minimum atomic E-state index is -0.347. The lowest BCUT2D eigenvalue weighted by Crippen LogP contribution is -2.43. The number of aliphatic hydroxyl groups is 1. The molecule has 0 fully saturated rings. The number of allylic oxidation sites excluding steroid dienone is 2. The molecule has 2 rings (SSSR count). The predicted molar refractivity (Wildman–Crippen MR) is 77.4 cm³/mol. The summed E-state index contributed by atoms with van der Waals surface area (Å²) in [6.45, 7) is 1.61. The molecule has 102 valence electrons. The van der Waals surface area contributed by atoms with Gasteiger partial charge in [0.2, 0.25) is 11.8 Å². The van der Waals surface area contributed by atoms with Crippen molar-refractivity contribution in [3.63, 3.8) is 0 Å². The van der Waals surface area contributed by atoms with Crippen molar-refractivity contribution in [3.8, 4) is 0 Å². The minimum absolute atomic E-state index is 0.0410. The van der Waals surface area contributed by atoms with Crippen LogP contribution < -0.4 is 4.57 Å². The number of ketones is 1. The average molecular weight is 268 g/mol. The summed E-state index contributed by atoms with van der Waals surface area (Å²) in [6, 6.07) is 14.6. The van der Waals surface area contributed by atoms with Crippen molar-refractivity contribution in [2.24, 2.45) is 0 Å². The van der Waals surface area contributed by atoms with E-state index in [1.807, 2.05) is 65.5 Å². The van der Waals surface area contributed by atoms with Crippen LogP contribution in [0.2, 0.25) is 0 Å². The average Bonchev–Trinajstić information content (AvgIpc) is 2.49. The van der Waals surface area contributed by atoms with Gasteiger partial charge in [0.1, 0.15) is 0 Å². The first-order valence-electron chi connectivity index (χ1n) is 6.59. The van der Waals surface area contributed by atoms with Gasteiger partial charge in [-0.1, -0.05) is 36.4 Å². The molecule has 0 aliphatic rings. The van der Waals surface area contributed by atoms with Gasteiger partial charge in [-0.2, -0.15) is 4.57 Å². The molecule has 0 saturated heterocycles. The molecule has 0 aliphatic carbocycles. The number of carbonyl (C=O) groups is 1. The van der Waals surface area contributed by atoms with Crippen LogP contribution in [0.25, 0.3) is 0 Å². The summed E-state index contributed by atoms with van der Waals surface area (Å²) >= 11 is 0. The lowest BCUT2D eigenvalue weighted by Gasteiger charge is -2.09. The Morgan fingerprint density at radius 3 is 2.35 bits per heavy atom. The summed E-state index contributed by atoms with van der Waals surface area (Å²) in [5, 5.41) is 9.34. The molecule has 0 radical (unpaired) electrons. The number of hydrogen-bond acceptors (Lipinski definition) is 2. The molecule has 1 atom stereocenters. The van der Waals surface area contributed by atoms with Crippen molar-refractivity contribution in [3.05, 3.63) is 78.3 Å². The number of nitrogens with zero attached hydrogens (tertiary/aromatic N) is 1. The Labute approximate surface area is 118 Å². The van der Waals surface area contributed by atoms with Crippen LogP contribution >= 0.6 is 0 Å². The normalized spacial score (nSPS) is 12.9. The number of pyridine rings is 1. The maximum atomic E-state index is 12.6. The first-order valence-corrected chi connectivity index (χ1v) is 6.59. The molecule has 1 heterocycles. The van der Waals surface area contributed by atoms with Gasteiger partial charge in [-0.05, 0) is 13.0 Å². The van der Waals surface area contributed by atoms with Gasteiger partial charge < -0.3 is 5.11 Å². The number of carbonyl (C=O) groups excluding carboxylic acids is 1.